The van der Waals surface area contributed by atoms with Gasteiger partial charge in [0.15, 0.2) is 0 Å². The molecule has 2 heterocycles. The van der Waals surface area contributed by atoms with E-state index in [2.05, 4.69) is 4.98 Å². The van der Waals surface area contributed by atoms with Crippen LogP contribution >= 0.6 is 11.3 Å². The van der Waals surface area contributed by atoms with E-state index in [0.717, 1.165) is 16.0 Å². The van der Waals surface area contributed by atoms with Crippen molar-refractivity contribution in [2.45, 2.75) is 13.8 Å². The molecular weight excluding hydrogens is 221 g/mol. The minimum absolute atomic E-state index is 0.268. The summed E-state index contributed by atoms with van der Waals surface area (Å²) < 4.78 is 13.4. The molecular formula is C13H12FNS. The first-order chi connectivity index (χ1) is 7.72. The Kier molecular flexibility index (Phi) is 3.15. The zero-order chi connectivity index (χ0) is 11.5. The maximum Gasteiger partial charge on any atom is 0.144 e. The van der Waals surface area contributed by atoms with Crippen LogP contribution in [0, 0.1) is 6.92 Å². The van der Waals surface area contributed by atoms with Crippen molar-refractivity contribution in [1.82, 2.24) is 4.98 Å². The standard InChI is InChI=1S/C13H12FNS/c1-3-11(14)13-9(2)7-10(8-15-13)12-5-4-6-16-12/h3-8H,1-2H3/b11-3+. The Hall–Kier alpha value is -1.48. The molecule has 0 bridgehead atoms. The summed E-state index contributed by atoms with van der Waals surface area (Å²) in [6, 6.07) is 6.00. The summed E-state index contributed by atoms with van der Waals surface area (Å²) in [5, 5.41) is 2.02. The van der Waals surface area contributed by atoms with Crippen LogP contribution in [0.1, 0.15) is 18.2 Å². The lowest BCUT2D eigenvalue weighted by atomic mass is 10.1. The number of thiophene rings is 1. The molecule has 82 valence electrons. The molecule has 0 aliphatic rings. The fourth-order valence-corrected chi connectivity index (χ4v) is 2.25. The van der Waals surface area contributed by atoms with E-state index in [1.807, 2.05) is 30.5 Å². The van der Waals surface area contributed by atoms with Gasteiger partial charge < -0.3 is 0 Å². The first-order valence-corrected chi connectivity index (χ1v) is 5.93. The van der Waals surface area contributed by atoms with Gasteiger partial charge in [0.25, 0.3) is 0 Å². The van der Waals surface area contributed by atoms with E-state index in [0.29, 0.717) is 5.69 Å². The smallest absolute Gasteiger partial charge is 0.144 e. The van der Waals surface area contributed by atoms with Crippen LogP contribution in [0.4, 0.5) is 4.39 Å². The van der Waals surface area contributed by atoms with Crippen molar-refractivity contribution in [3.63, 3.8) is 0 Å². The molecule has 2 aromatic rings. The minimum atomic E-state index is -0.268. The maximum absolute atomic E-state index is 13.4. The lowest BCUT2D eigenvalue weighted by Crippen LogP contribution is -1.90. The fourth-order valence-electron chi connectivity index (χ4n) is 1.54. The van der Waals surface area contributed by atoms with Crippen LogP contribution in [-0.4, -0.2) is 4.98 Å². The lowest BCUT2D eigenvalue weighted by molar-refractivity contribution is 0.749. The maximum atomic E-state index is 13.4. The van der Waals surface area contributed by atoms with Crippen molar-refractivity contribution in [3.8, 4) is 10.4 Å². The Bertz CT molecular complexity index is 515. The van der Waals surface area contributed by atoms with E-state index >= 15 is 0 Å². The Morgan fingerprint density at radius 2 is 2.31 bits per heavy atom. The minimum Gasteiger partial charge on any atom is -0.253 e. The van der Waals surface area contributed by atoms with Gasteiger partial charge in [0.05, 0.1) is 0 Å². The van der Waals surface area contributed by atoms with E-state index in [1.54, 1.807) is 24.5 Å². The van der Waals surface area contributed by atoms with Crippen molar-refractivity contribution in [2.24, 2.45) is 0 Å². The Morgan fingerprint density at radius 3 is 2.88 bits per heavy atom. The van der Waals surface area contributed by atoms with Gasteiger partial charge in [0, 0.05) is 16.6 Å². The summed E-state index contributed by atoms with van der Waals surface area (Å²) in [7, 11) is 0. The van der Waals surface area contributed by atoms with Gasteiger partial charge in [-0.15, -0.1) is 11.3 Å². The second kappa shape index (κ2) is 4.58. The predicted octanol–water partition coefficient (Wildman–Crippen LogP) is 4.45. The number of nitrogens with zero attached hydrogens (tertiary/aromatic N) is 1. The van der Waals surface area contributed by atoms with E-state index in [1.165, 1.54) is 6.08 Å². The third kappa shape index (κ3) is 2.04. The molecule has 0 unspecified atom stereocenters. The molecule has 3 heteroatoms. The molecule has 0 fully saturated rings. The van der Waals surface area contributed by atoms with Crippen molar-refractivity contribution in [2.75, 3.05) is 0 Å². The molecule has 2 aromatic heterocycles. The van der Waals surface area contributed by atoms with Crippen LogP contribution < -0.4 is 0 Å². The van der Waals surface area contributed by atoms with Gasteiger partial charge in [-0.25, -0.2) is 4.39 Å². The zero-order valence-electron chi connectivity index (χ0n) is 9.20. The molecule has 0 N–H and O–H groups in total. The quantitative estimate of drug-likeness (QED) is 0.746. The van der Waals surface area contributed by atoms with E-state index in [9.17, 15) is 4.39 Å². The Balaban J connectivity index is 2.45. The van der Waals surface area contributed by atoms with Gasteiger partial charge in [-0.05, 0) is 43.0 Å². The first kappa shape index (κ1) is 11.0. The van der Waals surface area contributed by atoms with Crippen LogP contribution in [0.5, 0.6) is 0 Å². The van der Waals surface area contributed by atoms with Crippen molar-refractivity contribution in [3.05, 3.63) is 47.1 Å². The molecule has 0 aliphatic carbocycles. The first-order valence-electron chi connectivity index (χ1n) is 5.05. The summed E-state index contributed by atoms with van der Waals surface area (Å²) >= 11 is 1.66. The summed E-state index contributed by atoms with van der Waals surface area (Å²) in [5.74, 6) is -0.268. The topological polar surface area (TPSA) is 12.9 Å². The fraction of sp³-hybridized carbons (Fsp3) is 0.154. The number of pyridine rings is 1. The predicted molar refractivity (Wildman–Crippen MR) is 67.0 cm³/mol. The van der Waals surface area contributed by atoms with Crippen LogP contribution in [-0.2, 0) is 0 Å². The van der Waals surface area contributed by atoms with Gasteiger partial charge in [-0.3, -0.25) is 4.98 Å². The second-order valence-corrected chi connectivity index (χ2v) is 4.45. The van der Waals surface area contributed by atoms with Gasteiger partial charge >= 0.3 is 0 Å². The number of hydrogen-bond acceptors (Lipinski definition) is 2. The van der Waals surface area contributed by atoms with Gasteiger partial charge in [-0.1, -0.05) is 6.07 Å². The number of allylic oxidation sites excluding steroid dienone is 1. The number of aromatic nitrogens is 1. The average molecular weight is 233 g/mol. The molecule has 0 amide bonds. The largest absolute Gasteiger partial charge is 0.253 e. The highest BCUT2D eigenvalue weighted by molar-refractivity contribution is 7.13. The molecule has 0 aliphatic heterocycles. The summed E-state index contributed by atoms with van der Waals surface area (Å²) in [5.41, 5.74) is 2.34. The van der Waals surface area contributed by atoms with E-state index in [4.69, 9.17) is 0 Å². The Labute approximate surface area is 98.3 Å². The van der Waals surface area contributed by atoms with Crippen LogP contribution in [0.2, 0.25) is 0 Å². The molecule has 16 heavy (non-hydrogen) atoms. The highest BCUT2D eigenvalue weighted by Gasteiger charge is 2.07. The van der Waals surface area contributed by atoms with Crippen LogP contribution in [0.25, 0.3) is 16.3 Å². The molecule has 0 spiro atoms. The SMILES string of the molecule is C/C=C(/F)c1ncc(-c2cccs2)cc1C. The molecule has 0 radical (unpaired) electrons. The monoisotopic (exact) mass is 233 g/mol. The third-order valence-electron chi connectivity index (χ3n) is 2.36. The van der Waals surface area contributed by atoms with Gasteiger partial charge in [0.2, 0.25) is 0 Å². The lowest BCUT2D eigenvalue weighted by Gasteiger charge is -2.04. The average Bonchev–Trinajstić information content (AvgIpc) is 2.81. The third-order valence-corrected chi connectivity index (χ3v) is 3.28. The van der Waals surface area contributed by atoms with Crippen molar-refractivity contribution < 1.29 is 4.39 Å². The highest BCUT2D eigenvalue weighted by atomic mass is 32.1. The Morgan fingerprint density at radius 1 is 1.50 bits per heavy atom. The number of halogens is 1. The zero-order valence-corrected chi connectivity index (χ0v) is 10.0. The molecule has 0 atom stereocenters. The van der Waals surface area contributed by atoms with Crippen molar-refractivity contribution >= 4 is 17.2 Å². The number of aryl methyl sites for hydroxylation is 1. The highest BCUT2D eigenvalue weighted by Crippen LogP contribution is 2.27. The molecule has 1 nitrogen and oxygen atoms in total. The molecule has 0 saturated carbocycles. The van der Waals surface area contributed by atoms with Gasteiger partial charge in [-0.2, -0.15) is 0 Å². The second-order valence-electron chi connectivity index (χ2n) is 3.50. The molecule has 2 rings (SSSR count). The van der Waals surface area contributed by atoms with Crippen molar-refractivity contribution in [1.29, 1.82) is 0 Å². The van der Waals surface area contributed by atoms with E-state index in [-0.39, 0.29) is 5.83 Å². The molecule has 0 aromatic carbocycles. The summed E-state index contributed by atoms with van der Waals surface area (Å²) in [6.45, 7) is 3.55. The van der Waals surface area contributed by atoms with Gasteiger partial charge in [0.1, 0.15) is 11.5 Å². The summed E-state index contributed by atoms with van der Waals surface area (Å²) in [6.07, 6.45) is 3.15. The van der Waals surface area contributed by atoms with E-state index < -0.39 is 0 Å². The normalized spacial score (nSPS) is 11.8. The number of hydrogen-bond donors (Lipinski definition) is 0. The molecule has 0 saturated heterocycles. The number of rotatable bonds is 2. The summed E-state index contributed by atoms with van der Waals surface area (Å²) in [4.78, 5) is 5.32. The van der Waals surface area contributed by atoms with Crippen LogP contribution in [0.15, 0.2) is 35.9 Å². The van der Waals surface area contributed by atoms with Crippen LogP contribution in [0.3, 0.4) is 0 Å².